The van der Waals surface area contributed by atoms with Gasteiger partial charge in [-0.2, -0.15) is 0 Å². The van der Waals surface area contributed by atoms with Crippen molar-refractivity contribution in [1.82, 2.24) is 0 Å². The summed E-state index contributed by atoms with van der Waals surface area (Å²) in [5.74, 6) is 0. The molecule has 1 unspecified atom stereocenters. The lowest BCUT2D eigenvalue weighted by Gasteiger charge is -2.24. The van der Waals surface area contributed by atoms with E-state index in [4.69, 9.17) is 27.9 Å². The topological polar surface area (TPSA) is 29.5 Å². The summed E-state index contributed by atoms with van der Waals surface area (Å²) in [5, 5.41) is 10.8. The molecule has 14 heavy (non-hydrogen) atoms. The Morgan fingerprint density at radius 3 is 2.64 bits per heavy atom. The average molecular weight is 235 g/mol. The summed E-state index contributed by atoms with van der Waals surface area (Å²) in [6, 6.07) is 5.15. The number of hydrogen-bond donors (Lipinski definition) is 1. The Hall–Kier alpha value is -0.280. The molecule has 4 heteroatoms. The summed E-state index contributed by atoms with van der Waals surface area (Å²) in [4.78, 5) is 0. The quantitative estimate of drug-likeness (QED) is 0.872. The van der Waals surface area contributed by atoms with Crippen LogP contribution in [0.2, 0.25) is 10.0 Å². The van der Waals surface area contributed by atoms with Crippen LogP contribution in [0.25, 0.3) is 0 Å². The highest BCUT2D eigenvalue weighted by atomic mass is 35.5. The lowest BCUT2D eigenvalue weighted by Crippen LogP contribution is -2.27. The fourth-order valence-corrected chi connectivity index (χ4v) is 1.78. The third-order valence-corrected chi connectivity index (χ3v) is 2.78. The fraction of sp³-hybridized carbons (Fsp3) is 0.400. The average Bonchev–Trinajstić information content (AvgIpc) is 2.09. The Labute approximate surface area is 93.4 Å². The molecular weight excluding hydrogens is 223 g/mol. The molecule has 0 aliphatic carbocycles. The van der Waals surface area contributed by atoms with Gasteiger partial charge in [-0.15, -0.1) is 0 Å². The molecule has 0 aromatic heterocycles. The van der Waals surface area contributed by atoms with Crippen LogP contribution in [0, 0.1) is 0 Å². The molecule has 0 fully saturated rings. The van der Waals surface area contributed by atoms with E-state index in [0.29, 0.717) is 15.6 Å². The van der Waals surface area contributed by atoms with Crippen LogP contribution in [0.15, 0.2) is 18.2 Å². The number of aliphatic hydroxyl groups is 1. The summed E-state index contributed by atoms with van der Waals surface area (Å²) in [6.07, 6.45) is 0. The van der Waals surface area contributed by atoms with Crippen molar-refractivity contribution < 1.29 is 9.84 Å². The van der Waals surface area contributed by atoms with Gasteiger partial charge in [0, 0.05) is 12.7 Å². The Morgan fingerprint density at radius 1 is 1.43 bits per heavy atom. The molecule has 0 amide bonds. The molecule has 1 atom stereocenters. The maximum Gasteiger partial charge on any atom is 0.112 e. The number of methoxy groups -OCH3 is 1. The number of benzene rings is 1. The van der Waals surface area contributed by atoms with Crippen LogP contribution >= 0.6 is 23.2 Å². The first-order valence-electron chi connectivity index (χ1n) is 4.15. The van der Waals surface area contributed by atoms with Gasteiger partial charge in [-0.05, 0) is 13.0 Å². The maximum atomic E-state index is 10.0. The Kier molecular flexibility index (Phi) is 3.78. The molecule has 0 saturated heterocycles. The summed E-state index contributed by atoms with van der Waals surface area (Å²) >= 11 is 11.8. The largest absolute Gasteiger partial charge is 0.383 e. The number of ether oxygens (including phenoxy) is 1. The molecular formula is C10H12Cl2O2. The minimum absolute atomic E-state index is 0.174. The van der Waals surface area contributed by atoms with Crippen molar-refractivity contribution >= 4 is 23.2 Å². The van der Waals surface area contributed by atoms with E-state index in [1.54, 1.807) is 25.1 Å². The van der Waals surface area contributed by atoms with E-state index in [1.165, 1.54) is 7.11 Å². The van der Waals surface area contributed by atoms with Crippen molar-refractivity contribution in [3.05, 3.63) is 33.8 Å². The second-order valence-corrected chi connectivity index (χ2v) is 4.09. The third kappa shape index (κ3) is 2.39. The first-order valence-corrected chi connectivity index (χ1v) is 4.90. The molecule has 2 nitrogen and oxygen atoms in total. The molecule has 0 saturated carbocycles. The molecule has 0 spiro atoms. The Balaban J connectivity index is 3.12. The van der Waals surface area contributed by atoms with Crippen LogP contribution in [0.5, 0.6) is 0 Å². The summed E-state index contributed by atoms with van der Waals surface area (Å²) < 4.78 is 4.90. The molecule has 0 bridgehead atoms. The van der Waals surface area contributed by atoms with Crippen molar-refractivity contribution in [3.8, 4) is 0 Å². The predicted octanol–water partition coefficient (Wildman–Crippen LogP) is 2.85. The highest BCUT2D eigenvalue weighted by Gasteiger charge is 2.26. The molecule has 78 valence electrons. The smallest absolute Gasteiger partial charge is 0.112 e. The second-order valence-electron chi connectivity index (χ2n) is 3.31. The zero-order chi connectivity index (χ0) is 10.8. The molecule has 0 aliphatic rings. The Bertz CT molecular complexity index is 324. The van der Waals surface area contributed by atoms with E-state index < -0.39 is 5.60 Å². The Morgan fingerprint density at radius 2 is 2.07 bits per heavy atom. The summed E-state index contributed by atoms with van der Waals surface area (Å²) in [7, 11) is 1.52. The lowest BCUT2D eigenvalue weighted by molar-refractivity contribution is -0.0207. The standard InChI is InChI=1S/C10H12Cl2O2/c1-10(13,6-14-2)7-4-3-5-8(11)9(7)12/h3-5,13H,6H2,1-2H3. The SMILES string of the molecule is COCC(C)(O)c1cccc(Cl)c1Cl. The van der Waals surface area contributed by atoms with Crippen LogP contribution in [-0.2, 0) is 10.3 Å². The highest BCUT2D eigenvalue weighted by Crippen LogP contribution is 2.33. The lowest BCUT2D eigenvalue weighted by atomic mass is 9.97. The minimum atomic E-state index is -1.11. The van der Waals surface area contributed by atoms with Gasteiger partial charge >= 0.3 is 0 Å². The van der Waals surface area contributed by atoms with Gasteiger partial charge in [0.05, 0.1) is 16.7 Å². The molecule has 0 aliphatic heterocycles. The van der Waals surface area contributed by atoms with Crippen LogP contribution in [-0.4, -0.2) is 18.8 Å². The van der Waals surface area contributed by atoms with Gasteiger partial charge in [0.1, 0.15) is 5.60 Å². The van der Waals surface area contributed by atoms with Crippen LogP contribution < -0.4 is 0 Å². The van der Waals surface area contributed by atoms with E-state index in [-0.39, 0.29) is 6.61 Å². The van der Waals surface area contributed by atoms with E-state index in [0.717, 1.165) is 0 Å². The summed E-state index contributed by atoms with van der Waals surface area (Å²) in [5.41, 5.74) is -0.537. The molecule has 1 aromatic rings. The first-order chi connectivity index (χ1) is 6.49. The van der Waals surface area contributed by atoms with Gasteiger partial charge in [-0.3, -0.25) is 0 Å². The van der Waals surface area contributed by atoms with Crippen molar-refractivity contribution in [2.24, 2.45) is 0 Å². The van der Waals surface area contributed by atoms with Gasteiger partial charge in [0.15, 0.2) is 0 Å². The first kappa shape index (κ1) is 11.8. The zero-order valence-electron chi connectivity index (χ0n) is 8.05. The van der Waals surface area contributed by atoms with Gasteiger partial charge in [-0.25, -0.2) is 0 Å². The zero-order valence-corrected chi connectivity index (χ0v) is 9.56. The molecule has 1 N–H and O–H groups in total. The van der Waals surface area contributed by atoms with Crippen LogP contribution in [0.1, 0.15) is 12.5 Å². The van der Waals surface area contributed by atoms with Crippen molar-refractivity contribution in [2.75, 3.05) is 13.7 Å². The van der Waals surface area contributed by atoms with E-state index in [1.807, 2.05) is 0 Å². The normalized spacial score (nSPS) is 15.2. The fourth-order valence-electron chi connectivity index (χ4n) is 1.28. The van der Waals surface area contributed by atoms with Gasteiger partial charge < -0.3 is 9.84 Å². The van der Waals surface area contributed by atoms with Crippen LogP contribution in [0.3, 0.4) is 0 Å². The predicted molar refractivity (Wildman–Crippen MR) is 57.9 cm³/mol. The van der Waals surface area contributed by atoms with Crippen LogP contribution in [0.4, 0.5) is 0 Å². The highest BCUT2D eigenvalue weighted by molar-refractivity contribution is 6.42. The van der Waals surface area contributed by atoms with Crippen molar-refractivity contribution in [2.45, 2.75) is 12.5 Å². The molecule has 1 aromatic carbocycles. The minimum Gasteiger partial charge on any atom is -0.383 e. The van der Waals surface area contributed by atoms with E-state index >= 15 is 0 Å². The van der Waals surface area contributed by atoms with Crippen molar-refractivity contribution in [1.29, 1.82) is 0 Å². The third-order valence-electron chi connectivity index (χ3n) is 1.96. The van der Waals surface area contributed by atoms with Gasteiger partial charge in [-0.1, -0.05) is 35.3 Å². The monoisotopic (exact) mass is 234 g/mol. The van der Waals surface area contributed by atoms with E-state index in [2.05, 4.69) is 0 Å². The molecule has 0 radical (unpaired) electrons. The maximum absolute atomic E-state index is 10.0. The van der Waals surface area contributed by atoms with Crippen molar-refractivity contribution in [3.63, 3.8) is 0 Å². The summed E-state index contributed by atoms with van der Waals surface area (Å²) in [6.45, 7) is 1.81. The number of rotatable bonds is 3. The second kappa shape index (κ2) is 4.49. The molecule has 1 rings (SSSR count). The molecule has 0 heterocycles. The van der Waals surface area contributed by atoms with Gasteiger partial charge in [0.2, 0.25) is 0 Å². The number of hydrogen-bond acceptors (Lipinski definition) is 2. The van der Waals surface area contributed by atoms with Gasteiger partial charge in [0.25, 0.3) is 0 Å². The van der Waals surface area contributed by atoms with E-state index in [9.17, 15) is 5.11 Å². The number of halogens is 2.